The minimum Gasteiger partial charge on any atom is -0.285 e. The number of alkyl halides is 2. The number of halogens is 2. The number of allylic oxidation sites excluding steroid dienone is 2. The first kappa shape index (κ1) is 15.8. The number of rotatable bonds is 4. The van der Waals surface area contributed by atoms with Crippen molar-refractivity contribution in [1.29, 1.82) is 0 Å². The van der Waals surface area contributed by atoms with Gasteiger partial charge in [-0.1, -0.05) is 18.2 Å². The molecule has 0 heterocycles. The van der Waals surface area contributed by atoms with Gasteiger partial charge in [-0.05, 0) is 36.5 Å². The van der Waals surface area contributed by atoms with Crippen LogP contribution in [0.4, 0.5) is 8.78 Å². The Kier molecular flexibility index (Phi) is 4.56. The van der Waals surface area contributed by atoms with E-state index < -0.39 is 22.2 Å². The van der Waals surface area contributed by atoms with Gasteiger partial charge in [0.05, 0.1) is 4.90 Å². The molecule has 21 heavy (non-hydrogen) atoms. The van der Waals surface area contributed by atoms with Crippen molar-refractivity contribution < 1.29 is 22.0 Å². The van der Waals surface area contributed by atoms with E-state index in [2.05, 4.69) is 0 Å². The van der Waals surface area contributed by atoms with Crippen LogP contribution in [-0.2, 0) is 14.6 Å². The van der Waals surface area contributed by atoms with Crippen molar-refractivity contribution in [1.82, 2.24) is 0 Å². The lowest BCUT2D eigenvalue weighted by Crippen LogP contribution is -2.06. The Hall–Kier alpha value is -1.56. The van der Waals surface area contributed by atoms with E-state index in [1.807, 2.05) is 0 Å². The van der Waals surface area contributed by atoms with Gasteiger partial charge >= 0.3 is 0 Å². The standard InChI is InChI=1S/C15H15F2O3S/c1-21(19,20)13-4-2-11(3-5-13)12(9-18)6-10-7-14(16)15(17)8-10/h2-6,10,14-15H,7-8H2,1H3/t10-,14+,15-. The molecule has 1 aliphatic carbocycles. The predicted octanol–water partition coefficient (Wildman–Crippen LogP) is 2.67. The summed E-state index contributed by atoms with van der Waals surface area (Å²) >= 11 is 0. The van der Waals surface area contributed by atoms with Crippen molar-refractivity contribution in [3.63, 3.8) is 0 Å². The summed E-state index contributed by atoms with van der Waals surface area (Å²) in [5.41, 5.74) is 0.677. The predicted molar refractivity (Wildman–Crippen MR) is 75.7 cm³/mol. The Morgan fingerprint density at radius 1 is 1.19 bits per heavy atom. The monoisotopic (exact) mass is 313 g/mol. The molecular weight excluding hydrogens is 298 g/mol. The fourth-order valence-corrected chi connectivity index (χ4v) is 3.04. The zero-order chi connectivity index (χ0) is 15.6. The highest BCUT2D eigenvalue weighted by Crippen LogP contribution is 2.33. The van der Waals surface area contributed by atoms with Gasteiger partial charge < -0.3 is 0 Å². The minimum atomic E-state index is -3.31. The average molecular weight is 313 g/mol. The molecule has 6 heteroatoms. The third-order valence-electron chi connectivity index (χ3n) is 3.55. The smallest absolute Gasteiger partial charge is 0.233 e. The second kappa shape index (κ2) is 6.05. The second-order valence-corrected chi connectivity index (χ2v) is 7.26. The fraction of sp³-hybridized carbons (Fsp3) is 0.400. The summed E-state index contributed by atoms with van der Waals surface area (Å²) in [7, 11) is -3.31. The van der Waals surface area contributed by atoms with Crippen LogP contribution in [0.5, 0.6) is 0 Å². The number of hydrogen-bond acceptors (Lipinski definition) is 3. The summed E-state index contributed by atoms with van der Waals surface area (Å²) in [5.74, 6) is -0.346. The largest absolute Gasteiger partial charge is 0.285 e. The first-order valence-electron chi connectivity index (χ1n) is 6.50. The lowest BCUT2D eigenvalue weighted by Gasteiger charge is -2.06. The number of hydrogen-bond donors (Lipinski definition) is 0. The fourth-order valence-electron chi connectivity index (χ4n) is 2.41. The Labute approximate surface area is 122 Å². The van der Waals surface area contributed by atoms with E-state index in [1.165, 1.54) is 30.3 Å². The van der Waals surface area contributed by atoms with Crippen molar-refractivity contribution in [2.45, 2.75) is 30.1 Å². The summed E-state index contributed by atoms with van der Waals surface area (Å²) in [4.78, 5) is 11.2. The molecule has 113 valence electrons. The summed E-state index contributed by atoms with van der Waals surface area (Å²) in [6.07, 6.45) is 1.46. The molecular formula is C15H15F2O3S. The lowest BCUT2D eigenvalue weighted by molar-refractivity contribution is 0.199. The van der Waals surface area contributed by atoms with Gasteiger partial charge in [0.15, 0.2) is 9.84 Å². The van der Waals surface area contributed by atoms with Crippen LogP contribution in [0, 0.1) is 5.92 Å². The first-order chi connectivity index (χ1) is 9.81. The van der Waals surface area contributed by atoms with Crippen molar-refractivity contribution in [2.75, 3.05) is 6.26 Å². The molecule has 1 aromatic rings. The highest BCUT2D eigenvalue weighted by atomic mass is 32.2. The van der Waals surface area contributed by atoms with Gasteiger partial charge in [0.25, 0.3) is 0 Å². The topological polar surface area (TPSA) is 51.2 Å². The maximum Gasteiger partial charge on any atom is 0.233 e. The van der Waals surface area contributed by atoms with Crippen LogP contribution in [-0.4, -0.2) is 33.3 Å². The van der Waals surface area contributed by atoms with Gasteiger partial charge in [-0.3, -0.25) is 4.79 Å². The van der Waals surface area contributed by atoms with Crippen LogP contribution < -0.4 is 0 Å². The molecule has 3 nitrogen and oxygen atoms in total. The molecule has 0 bridgehead atoms. The van der Waals surface area contributed by atoms with Crippen LogP contribution in [0.15, 0.2) is 35.2 Å². The molecule has 1 saturated carbocycles. The van der Waals surface area contributed by atoms with E-state index >= 15 is 0 Å². The highest BCUT2D eigenvalue weighted by Gasteiger charge is 2.33. The van der Waals surface area contributed by atoms with Crippen LogP contribution in [0.3, 0.4) is 0 Å². The van der Waals surface area contributed by atoms with Gasteiger partial charge in [-0.15, -0.1) is 0 Å². The van der Waals surface area contributed by atoms with Crippen molar-refractivity contribution in [3.05, 3.63) is 35.9 Å². The van der Waals surface area contributed by atoms with E-state index in [-0.39, 0.29) is 29.2 Å². The van der Waals surface area contributed by atoms with Crippen LogP contribution >= 0.6 is 0 Å². The molecule has 1 aromatic carbocycles. The van der Waals surface area contributed by atoms with Crippen LogP contribution in [0.25, 0.3) is 5.57 Å². The van der Waals surface area contributed by atoms with Gasteiger partial charge in [0, 0.05) is 11.8 Å². The van der Waals surface area contributed by atoms with Gasteiger partial charge in [-0.25, -0.2) is 17.2 Å². The molecule has 0 saturated heterocycles. The molecule has 3 atom stereocenters. The minimum absolute atomic E-state index is 0.0494. The molecule has 0 aromatic heterocycles. The summed E-state index contributed by atoms with van der Waals surface area (Å²) < 4.78 is 49.0. The molecule has 1 fully saturated rings. The zero-order valence-electron chi connectivity index (χ0n) is 11.4. The second-order valence-electron chi connectivity index (χ2n) is 5.24. The van der Waals surface area contributed by atoms with E-state index in [1.54, 1.807) is 6.29 Å². The quantitative estimate of drug-likeness (QED) is 0.803. The first-order valence-corrected chi connectivity index (χ1v) is 8.39. The normalized spacial score (nSPS) is 26.8. The summed E-state index contributed by atoms with van der Waals surface area (Å²) in [6, 6.07) is 5.75. The van der Waals surface area contributed by atoms with E-state index in [0.717, 1.165) is 6.26 Å². The SMILES string of the molecule is CS(=O)(=O)c1ccc(C([C]=O)=C[C@H]2C[C@@H](F)[C@@H](F)C2)cc1. The average Bonchev–Trinajstić information content (AvgIpc) is 2.74. The maximum atomic E-state index is 13.1. The molecule has 0 aliphatic heterocycles. The molecule has 2 rings (SSSR count). The van der Waals surface area contributed by atoms with Gasteiger partial charge in [-0.2, -0.15) is 0 Å². The number of carbonyl (C=O) groups excluding carboxylic acids is 1. The van der Waals surface area contributed by atoms with E-state index in [0.29, 0.717) is 5.56 Å². The number of sulfone groups is 1. The Morgan fingerprint density at radius 2 is 1.71 bits per heavy atom. The molecule has 0 N–H and O–H groups in total. The third kappa shape index (κ3) is 3.75. The molecule has 0 spiro atoms. The van der Waals surface area contributed by atoms with Crippen molar-refractivity contribution in [3.8, 4) is 0 Å². The molecule has 1 radical (unpaired) electrons. The van der Waals surface area contributed by atoms with Crippen molar-refractivity contribution in [2.24, 2.45) is 5.92 Å². The maximum absolute atomic E-state index is 13.1. The van der Waals surface area contributed by atoms with Crippen LogP contribution in [0.1, 0.15) is 18.4 Å². The Morgan fingerprint density at radius 3 is 2.14 bits per heavy atom. The third-order valence-corrected chi connectivity index (χ3v) is 4.68. The van der Waals surface area contributed by atoms with Gasteiger partial charge in [0.1, 0.15) is 12.3 Å². The van der Waals surface area contributed by atoms with E-state index in [9.17, 15) is 22.0 Å². The lowest BCUT2D eigenvalue weighted by atomic mass is 9.99. The number of benzene rings is 1. The molecule has 0 unspecified atom stereocenters. The molecule has 1 aliphatic rings. The summed E-state index contributed by atoms with van der Waals surface area (Å²) in [5, 5.41) is 0. The molecule has 0 amide bonds. The Balaban J connectivity index is 2.24. The van der Waals surface area contributed by atoms with Crippen LogP contribution in [0.2, 0.25) is 0 Å². The highest BCUT2D eigenvalue weighted by molar-refractivity contribution is 7.90. The van der Waals surface area contributed by atoms with Gasteiger partial charge in [0.2, 0.25) is 6.29 Å². The zero-order valence-corrected chi connectivity index (χ0v) is 12.2. The van der Waals surface area contributed by atoms with E-state index in [4.69, 9.17) is 0 Å². The van der Waals surface area contributed by atoms with Crippen molar-refractivity contribution >= 4 is 21.7 Å². The summed E-state index contributed by atoms with van der Waals surface area (Å²) in [6.45, 7) is 0. The Bertz CT molecular complexity index is 640.